The van der Waals surface area contributed by atoms with Crippen molar-refractivity contribution in [3.63, 3.8) is 0 Å². The number of benzene rings is 1. The Morgan fingerprint density at radius 2 is 0.944 bits per heavy atom. The largest absolute Gasteiger partial charge is 0.463 e. The highest BCUT2D eigenvalue weighted by atomic mass is 16.6. The number of aliphatic hydroxyl groups excluding tert-OH is 2. The Kier molecular flexibility index (Phi) is 16.3. The lowest BCUT2D eigenvalue weighted by molar-refractivity contribution is -0.151. The number of unbranched alkanes of at least 4 members (excludes halogenated alkanes) is 10. The molecule has 1 aromatic rings. The molecule has 0 bridgehead atoms. The van der Waals surface area contributed by atoms with Crippen LogP contribution in [0.15, 0.2) is 24.3 Å². The number of hydrogen-bond donors (Lipinski definition) is 2. The van der Waals surface area contributed by atoms with Gasteiger partial charge in [-0.3, -0.25) is 9.59 Å². The van der Waals surface area contributed by atoms with Crippen LogP contribution in [-0.4, -0.2) is 59.1 Å². The molecular formula is C28H42O8. The lowest BCUT2D eigenvalue weighted by Gasteiger charge is -2.14. The summed E-state index contributed by atoms with van der Waals surface area (Å²) in [6.07, 6.45) is 7.58. The fourth-order valence-corrected chi connectivity index (χ4v) is 3.69. The van der Waals surface area contributed by atoms with Crippen LogP contribution in [0.5, 0.6) is 0 Å². The molecule has 1 rings (SSSR count). The molecule has 1 aromatic carbocycles. The molecule has 0 aliphatic heterocycles. The van der Waals surface area contributed by atoms with E-state index in [2.05, 4.69) is 13.8 Å². The summed E-state index contributed by atoms with van der Waals surface area (Å²) in [5, 5.41) is 20.4. The Morgan fingerprint density at radius 3 is 1.31 bits per heavy atom. The standard InChI is InChI=1S/C28H42O8/c1-3-5-7-9-11-15-19-35-27(33)25(31)23(29)21-17-13-14-18-22(21)24(30)26(32)28(34)36-20-16-12-10-8-6-4-2/h13-14,17-18,25-26,31-32H,3-12,15-16,19-20H2,1-2H3. The molecule has 0 fully saturated rings. The second kappa shape index (κ2) is 18.7. The number of aliphatic hydroxyl groups is 2. The first-order valence-electron chi connectivity index (χ1n) is 13.2. The summed E-state index contributed by atoms with van der Waals surface area (Å²) in [5.41, 5.74) is -0.566. The second-order valence-electron chi connectivity index (χ2n) is 8.95. The summed E-state index contributed by atoms with van der Waals surface area (Å²) < 4.78 is 10.0. The maximum atomic E-state index is 12.7. The van der Waals surface area contributed by atoms with E-state index in [-0.39, 0.29) is 24.3 Å². The minimum absolute atomic E-state index is 0.0824. The topological polar surface area (TPSA) is 127 Å². The maximum Gasteiger partial charge on any atom is 0.343 e. The van der Waals surface area contributed by atoms with E-state index in [4.69, 9.17) is 9.47 Å². The molecule has 2 atom stereocenters. The third kappa shape index (κ3) is 11.4. The number of Topliss-reactive ketones (excluding diaryl/α,β-unsaturated/α-hetero) is 2. The molecule has 0 saturated heterocycles. The van der Waals surface area contributed by atoms with Crippen LogP contribution in [0.4, 0.5) is 0 Å². The van der Waals surface area contributed by atoms with Gasteiger partial charge in [-0.15, -0.1) is 0 Å². The van der Waals surface area contributed by atoms with Crippen LogP contribution in [0.25, 0.3) is 0 Å². The van der Waals surface area contributed by atoms with Gasteiger partial charge in [0.2, 0.25) is 23.8 Å². The molecule has 0 radical (unpaired) electrons. The van der Waals surface area contributed by atoms with E-state index < -0.39 is 35.7 Å². The van der Waals surface area contributed by atoms with E-state index in [0.29, 0.717) is 12.8 Å². The Bertz CT molecular complexity index is 753. The molecule has 2 N–H and O–H groups in total. The Balaban J connectivity index is 2.62. The van der Waals surface area contributed by atoms with Gasteiger partial charge in [-0.1, -0.05) is 102 Å². The van der Waals surface area contributed by atoms with Crippen molar-refractivity contribution >= 4 is 23.5 Å². The summed E-state index contributed by atoms with van der Waals surface area (Å²) in [6.45, 7) is 4.41. The maximum absolute atomic E-state index is 12.7. The smallest absolute Gasteiger partial charge is 0.343 e. The van der Waals surface area contributed by atoms with Crippen molar-refractivity contribution in [2.24, 2.45) is 0 Å². The van der Waals surface area contributed by atoms with E-state index in [1.54, 1.807) is 0 Å². The average molecular weight is 507 g/mol. The number of ketones is 2. The highest BCUT2D eigenvalue weighted by Crippen LogP contribution is 2.16. The highest BCUT2D eigenvalue weighted by molar-refractivity contribution is 6.19. The fourth-order valence-electron chi connectivity index (χ4n) is 3.69. The molecular weight excluding hydrogens is 464 g/mol. The van der Waals surface area contributed by atoms with Crippen molar-refractivity contribution < 1.29 is 38.9 Å². The molecule has 8 heteroatoms. The number of esters is 2. The fraction of sp³-hybridized carbons (Fsp3) is 0.643. The number of carbonyl (C=O) groups excluding carboxylic acids is 4. The lowest BCUT2D eigenvalue weighted by Crippen LogP contribution is -2.36. The van der Waals surface area contributed by atoms with Gasteiger partial charge in [0.25, 0.3) is 0 Å². The van der Waals surface area contributed by atoms with Crippen LogP contribution in [0, 0.1) is 0 Å². The number of ether oxygens (including phenoxy) is 2. The van der Waals surface area contributed by atoms with Gasteiger partial charge in [0.05, 0.1) is 13.2 Å². The summed E-state index contributed by atoms with van der Waals surface area (Å²) in [5.74, 6) is -4.29. The van der Waals surface area contributed by atoms with E-state index >= 15 is 0 Å². The van der Waals surface area contributed by atoms with Crippen molar-refractivity contribution in [3.05, 3.63) is 35.4 Å². The van der Waals surface area contributed by atoms with Gasteiger partial charge in [-0.05, 0) is 12.8 Å². The molecule has 202 valence electrons. The van der Waals surface area contributed by atoms with Crippen LogP contribution < -0.4 is 0 Å². The summed E-state index contributed by atoms with van der Waals surface area (Å²) in [6, 6.07) is 5.38. The normalized spacial score (nSPS) is 12.6. The van der Waals surface area contributed by atoms with Gasteiger partial charge in [0.1, 0.15) is 0 Å². The molecule has 0 amide bonds. The minimum atomic E-state index is -2.11. The van der Waals surface area contributed by atoms with Crippen molar-refractivity contribution in [2.45, 2.75) is 103 Å². The summed E-state index contributed by atoms with van der Waals surface area (Å²) >= 11 is 0. The highest BCUT2D eigenvalue weighted by Gasteiger charge is 2.33. The van der Waals surface area contributed by atoms with Crippen molar-refractivity contribution in [2.75, 3.05) is 13.2 Å². The zero-order chi connectivity index (χ0) is 26.8. The van der Waals surface area contributed by atoms with Gasteiger partial charge in [-0.25, -0.2) is 9.59 Å². The van der Waals surface area contributed by atoms with E-state index in [1.165, 1.54) is 24.3 Å². The zero-order valence-corrected chi connectivity index (χ0v) is 21.7. The van der Waals surface area contributed by atoms with Gasteiger partial charge in [0.15, 0.2) is 0 Å². The molecule has 0 heterocycles. The average Bonchev–Trinajstić information content (AvgIpc) is 2.90. The third-order valence-electron chi connectivity index (χ3n) is 5.89. The first kappa shape index (κ1) is 31.4. The van der Waals surface area contributed by atoms with Crippen LogP contribution in [0.1, 0.15) is 112 Å². The van der Waals surface area contributed by atoms with Gasteiger partial charge in [-0.2, -0.15) is 0 Å². The predicted molar refractivity (Wildman–Crippen MR) is 136 cm³/mol. The van der Waals surface area contributed by atoms with Gasteiger partial charge >= 0.3 is 11.9 Å². The summed E-state index contributed by atoms with van der Waals surface area (Å²) in [4.78, 5) is 49.7. The molecule has 0 aliphatic rings. The molecule has 0 aromatic heterocycles. The Morgan fingerprint density at radius 1 is 0.611 bits per heavy atom. The monoisotopic (exact) mass is 506 g/mol. The summed E-state index contributed by atoms with van der Waals surface area (Å²) in [7, 11) is 0. The second-order valence-corrected chi connectivity index (χ2v) is 8.95. The molecule has 2 unspecified atom stereocenters. The van der Waals surface area contributed by atoms with Crippen molar-refractivity contribution in [1.82, 2.24) is 0 Å². The molecule has 0 aliphatic carbocycles. The molecule has 0 saturated carbocycles. The van der Waals surface area contributed by atoms with Crippen LogP contribution in [0.3, 0.4) is 0 Å². The van der Waals surface area contributed by atoms with Crippen LogP contribution in [0.2, 0.25) is 0 Å². The first-order valence-corrected chi connectivity index (χ1v) is 13.2. The minimum Gasteiger partial charge on any atom is -0.463 e. The predicted octanol–water partition coefficient (Wildman–Crippen LogP) is 4.58. The first-order chi connectivity index (χ1) is 17.3. The molecule has 0 spiro atoms. The zero-order valence-electron chi connectivity index (χ0n) is 21.7. The number of carbonyl (C=O) groups is 4. The van der Waals surface area contributed by atoms with E-state index in [0.717, 1.165) is 64.2 Å². The van der Waals surface area contributed by atoms with Gasteiger partial charge in [0, 0.05) is 11.1 Å². The van der Waals surface area contributed by atoms with Crippen LogP contribution >= 0.6 is 0 Å². The van der Waals surface area contributed by atoms with E-state index in [9.17, 15) is 29.4 Å². The van der Waals surface area contributed by atoms with Gasteiger partial charge < -0.3 is 19.7 Å². The third-order valence-corrected chi connectivity index (χ3v) is 5.89. The number of rotatable bonds is 20. The Hall–Kier alpha value is -2.58. The van der Waals surface area contributed by atoms with Crippen molar-refractivity contribution in [1.29, 1.82) is 0 Å². The Labute approximate surface area is 214 Å². The van der Waals surface area contributed by atoms with E-state index in [1.807, 2.05) is 0 Å². The lowest BCUT2D eigenvalue weighted by atomic mass is 9.95. The SMILES string of the molecule is CCCCCCCCOC(=O)C(O)C(=O)c1ccccc1C(=O)C(O)C(=O)OCCCCCCCC. The quantitative estimate of drug-likeness (QED) is 0.114. The van der Waals surface area contributed by atoms with Crippen molar-refractivity contribution in [3.8, 4) is 0 Å². The molecule has 8 nitrogen and oxygen atoms in total. The number of hydrogen-bond acceptors (Lipinski definition) is 8. The molecule has 36 heavy (non-hydrogen) atoms. The van der Waals surface area contributed by atoms with Crippen LogP contribution in [-0.2, 0) is 19.1 Å².